The highest BCUT2D eigenvalue weighted by molar-refractivity contribution is 5.71. The van der Waals surface area contributed by atoms with Gasteiger partial charge in [0, 0.05) is 0 Å². The standard InChI is InChI=1S/C10H14O2/c1-2-7-3-6-4-8(7)9(5-6)10(11)12/h2,6-9H,1,3-5H2,(H,11,12)/t6-,7-,8-,9?/m1/s1. The maximum absolute atomic E-state index is 10.8. The second-order valence-corrected chi connectivity index (χ2v) is 4.08. The molecule has 0 aromatic carbocycles. The van der Waals surface area contributed by atoms with Crippen LogP contribution >= 0.6 is 0 Å². The lowest BCUT2D eigenvalue weighted by Crippen LogP contribution is -2.25. The van der Waals surface area contributed by atoms with E-state index in [9.17, 15) is 4.79 Å². The Morgan fingerprint density at radius 2 is 2.17 bits per heavy atom. The fraction of sp³-hybridized carbons (Fsp3) is 0.700. The Hall–Kier alpha value is -0.790. The van der Waals surface area contributed by atoms with Gasteiger partial charge in [-0.15, -0.1) is 6.58 Å². The van der Waals surface area contributed by atoms with Crippen LogP contribution in [0.15, 0.2) is 12.7 Å². The van der Waals surface area contributed by atoms with Gasteiger partial charge in [-0.05, 0) is 37.0 Å². The van der Waals surface area contributed by atoms with Gasteiger partial charge < -0.3 is 5.11 Å². The lowest BCUT2D eigenvalue weighted by molar-refractivity contribution is -0.143. The third kappa shape index (κ3) is 0.977. The van der Waals surface area contributed by atoms with Gasteiger partial charge in [0.1, 0.15) is 0 Å². The second-order valence-electron chi connectivity index (χ2n) is 4.08. The Morgan fingerprint density at radius 1 is 1.42 bits per heavy atom. The first-order chi connectivity index (χ1) is 5.72. The molecule has 0 heterocycles. The van der Waals surface area contributed by atoms with Crippen LogP contribution in [0, 0.1) is 23.7 Å². The zero-order chi connectivity index (χ0) is 8.72. The van der Waals surface area contributed by atoms with Crippen LogP contribution in [-0.2, 0) is 4.79 Å². The Bertz CT molecular complexity index is 222. The van der Waals surface area contributed by atoms with E-state index in [1.807, 2.05) is 6.08 Å². The summed E-state index contributed by atoms with van der Waals surface area (Å²) in [5.41, 5.74) is 0. The highest BCUT2D eigenvalue weighted by atomic mass is 16.4. The normalized spacial score (nSPS) is 44.7. The molecule has 2 saturated carbocycles. The van der Waals surface area contributed by atoms with E-state index in [0.29, 0.717) is 17.8 Å². The van der Waals surface area contributed by atoms with Crippen molar-refractivity contribution in [2.45, 2.75) is 19.3 Å². The summed E-state index contributed by atoms with van der Waals surface area (Å²) in [5, 5.41) is 8.91. The Balaban J connectivity index is 2.14. The molecule has 0 aromatic rings. The number of allylic oxidation sites excluding steroid dienone is 1. The monoisotopic (exact) mass is 166 g/mol. The molecule has 0 aliphatic heterocycles. The lowest BCUT2D eigenvalue weighted by atomic mass is 9.81. The van der Waals surface area contributed by atoms with Crippen LogP contribution in [0.25, 0.3) is 0 Å². The van der Waals surface area contributed by atoms with Gasteiger partial charge in [0.05, 0.1) is 5.92 Å². The summed E-state index contributed by atoms with van der Waals surface area (Å²) in [5.74, 6) is 0.856. The first-order valence-electron chi connectivity index (χ1n) is 4.57. The van der Waals surface area contributed by atoms with Crippen LogP contribution in [0.2, 0.25) is 0 Å². The molecular formula is C10H14O2. The molecule has 0 radical (unpaired) electrons. The lowest BCUT2D eigenvalue weighted by Gasteiger charge is -2.23. The van der Waals surface area contributed by atoms with Gasteiger partial charge in [-0.1, -0.05) is 6.08 Å². The molecule has 0 saturated heterocycles. The molecular weight excluding hydrogens is 152 g/mol. The van der Waals surface area contributed by atoms with Crippen molar-refractivity contribution in [1.29, 1.82) is 0 Å². The molecule has 0 spiro atoms. The Morgan fingerprint density at radius 3 is 2.67 bits per heavy atom. The molecule has 1 N–H and O–H groups in total. The van der Waals surface area contributed by atoms with Crippen molar-refractivity contribution in [3.05, 3.63) is 12.7 Å². The van der Waals surface area contributed by atoms with Crippen molar-refractivity contribution in [3.63, 3.8) is 0 Å². The highest BCUT2D eigenvalue weighted by Crippen LogP contribution is 2.52. The van der Waals surface area contributed by atoms with Gasteiger partial charge in [0.15, 0.2) is 0 Å². The summed E-state index contributed by atoms with van der Waals surface area (Å²) in [7, 11) is 0. The van der Waals surface area contributed by atoms with Crippen LogP contribution in [-0.4, -0.2) is 11.1 Å². The van der Waals surface area contributed by atoms with Gasteiger partial charge in [-0.25, -0.2) is 0 Å². The van der Waals surface area contributed by atoms with E-state index in [1.165, 1.54) is 6.42 Å². The Kier molecular flexibility index (Phi) is 1.71. The molecule has 66 valence electrons. The summed E-state index contributed by atoms with van der Waals surface area (Å²) in [4.78, 5) is 10.8. The summed E-state index contributed by atoms with van der Waals surface area (Å²) >= 11 is 0. The van der Waals surface area contributed by atoms with E-state index < -0.39 is 5.97 Å². The molecule has 2 rings (SSSR count). The number of fused-ring (bicyclic) bond motifs is 2. The maximum atomic E-state index is 10.8. The van der Waals surface area contributed by atoms with Gasteiger partial charge >= 0.3 is 5.97 Å². The minimum atomic E-state index is -0.603. The van der Waals surface area contributed by atoms with Gasteiger partial charge in [0.2, 0.25) is 0 Å². The number of carboxylic acid groups (broad SMARTS) is 1. The first-order valence-corrected chi connectivity index (χ1v) is 4.57. The fourth-order valence-corrected chi connectivity index (χ4v) is 2.96. The minimum absolute atomic E-state index is 0.0771. The molecule has 2 aliphatic rings. The molecule has 0 amide bonds. The van der Waals surface area contributed by atoms with Crippen LogP contribution < -0.4 is 0 Å². The summed E-state index contributed by atoms with van der Waals surface area (Å²) in [6.45, 7) is 3.76. The third-order valence-electron chi connectivity index (χ3n) is 3.48. The molecule has 2 heteroatoms. The zero-order valence-electron chi connectivity index (χ0n) is 7.07. The number of aliphatic carboxylic acids is 1. The third-order valence-corrected chi connectivity index (χ3v) is 3.48. The predicted octanol–water partition coefficient (Wildman–Crippen LogP) is 1.92. The van der Waals surface area contributed by atoms with Crippen LogP contribution in [0.3, 0.4) is 0 Å². The van der Waals surface area contributed by atoms with E-state index in [-0.39, 0.29) is 5.92 Å². The van der Waals surface area contributed by atoms with E-state index in [0.717, 1.165) is 12.8 Å². The molecule has 4 atom stereocenters. The number of rotatable bonds is 2. The van der Waals surface area contributed by atoms with Crippen molar-refractivity contribution in [2.24, 2.45) is 23.7 Å². The largest absolute Gasteiger partial charge is 0.481 e. The van der Waals surface area contributed by atoms with E-state index >= 15 is 0 Å². The topological polar surface area (TPSA) is 37.3 Å². The van der Waals surface area contributed by atoms with Crippen molar-refractivity contribution >= 4 is 5.97 Å². The van der Waals surface area contributed by atoms with Crippen molar-refractivity contribution < 1.29 is 9.90 Å². The molecule has 12 heavy (non-hydrogen) atoms. The average Bonchev–Trinajstić information content (AvgIpc) is 2.60. The second kappa shape index (κ2) is 2.61. The summed E-state index contributed by atoms with van der Waals surface area (Å²) in [6, 6.07) is 0. The van der Waals surface area contributed by atoms with E-state index in [2.05, 4.69) is 6.58 Å². The highest BCUT2D eigenvalue weighted by Gasteiger charge is 2.47. The quantitative estimate of drug-likeness (QED) is 0.636. The minimum Gasteiger partial charge on any atom is -0.481 e. The van der Waals surface area contributed by atoms with Gasteiger partial charge in [-0.2, -0.15) is 0 Å². The van der Waals surface area contributed by atoms with E-state index in [1.54, 1.807) is 0 Å². The molecule has 0 aromatic heterocycles. The molecule has 2 bridgehead atoms. The zero-order valence-corrected chi connectivity index (χ0v) is 7.07. The van der Waals surface area contributed by atoms with Crippen LogP contribution in [0.1, 0.15) is 19.3 Å². The number of hydrogen-bond acceptors (Lipinski definition) is 1. The fourth-order valence-electron chi connectivity index (χ4n) is 2.96. The Labute approximate surface area is 72.3 Å². The van der Waals surface area contributed by atoms with E-state index in [4.69, 9.17) is 5.11 Å². The van der Waals surface area contributed by atoms with Crippen molar-refractivity contribution in [1.82, 2.24) is 0 Å². The number of carboxylic acids is 1. The molecule has 2 fully saturated rings. The number of hydrogen-bond donors (Lipinski definition) is 1. The van der Waals surface area contributed by atoms with Crippen molar-refractivity contribution in [2.75, 3.05) is 0 Å². The molecule has 2 aliphatic carbocycles. The average molecular weight is 166 g/mol. The number of carbonyl (C=O) groups is 1. The predicted molar refractivity (Wildman–Crippen MR) is 45.6 cm³/mol. The van der Waals surface area contributed by atoms with Gasteiger partial charge in [0.25, 0.3) is 0 Å². The van der Waals surface area contributed by atoms with Crippen LogP contribution in [0.5, 0.6) is 0 Å². The van der Waals surface area contributed by atoms with Crippen LogP contribution in [0.4, 0.5) is 0 Å². The molecule has 1 unspecified atom stereocenters. The smallest absolute Gasteiger partial charge is 0.306 e. The SMILES string of the molecule is C=C[C@@H]1C[C@H]2CC(C(=O)O)[C@@H]1C2. The maximum Gasteiger partial charge on any atom is 0.306 e. The van der Waals surface area contributed by atoms with Gasteiger partial charge in [-0.3, -0.25) is 4.79 Å². The summed E-state index contributed by atoms with van der Waals surface area (Å²) < 4.78 is 0. The first kappa shape index (κ1) is 7.84. The summed E-state index contributed by atoms with van der Waals surface area (Å²) in [6.07, 6.45) is 5.15. The molecule has 2 nitrogen and oxygen atoms in total. The van der Waals surface area contributed by atoms with Crippen molar-refractivity contribution in [3.8, 4) is 0 Å².